The SMILES string of the molecule is Cn1c(=O)c(Br)nc2ccc(C(=N)/C=C\NCc3ccccc3)cc21. The molecule has 6 heteroatoms. The van der Waals surface area contributed by atoms with Crippen molar-refractivity contribution in [3.05, 3.63) is 86.9 Å². The quantitative estimate of drug-likeness (QED) is 0.649. The first-order chi connectivity index (χ1) is 12.1. The third-order valence-corrected chi connectivity index (χ3v) is 4.38. The smallest absolute Gasteiger partial charge is 0.283 e. The van der Waals surface area contributed by atoms with Crippen molar-refractivity contribution in [1.29, 1.82) is 5.41 Å². The van der Waals surface area contributed by atoms with Crippen LogP contribution in [-0.2, 0) is 13.6 Å². The van der Waals surface area contributed by atoms with Gasteiger partial charge in [0.25, 0.3) is 5.56 Å². The van der Waals surface area contributed by atoms with E-state index in [4.69, 9.17) is 5.41 Å². The third-order valence-electron chi connectivity index (χ3n) is 3.86. The molecule has 5 nitrogen and oxygen atoms in total. The number of hydrogen-bond acceptors (Lipinski definition) is 4. The van der Waals surface area contributed by atoms with Gasteiger partial charge in [-0.05, 0) is 45.9 Å². The van der Waals surface area contributed by atoms with Crippen molar-refractivity contribution < 1.29 is 0 Å². The van der Waals surface area contributed by atoms with Gasteiger partial charge in [0.2, 0.25) is 0 Å². The Morgan fingerprint density at radius 3 is 2.80 bits per heavy atom. The number of nitrogens with one attached hydrogen (secondary N) is 2. The summed E-state index contributed by atoms with van der Waals surface area (Å²) >= 11 is 3.17. The first-order valence-electron chi connectivity index (χ1n) is 7.75. The zero-order chi connectivity index (χ0) is 17.8. The highest BCUT2D eigenvalue weighted by Crippen LogP contribution is 2.15. The van der Waals surface area contributed by atoms with Crippen LogP contribution in [0.25, 0.3) is 11.0 Å². The fourth-order valence-corrected chi connectivity index (χ4v) is 2.92. The molecule has 0 aliphatic carbocycles. The van der Waals surface area contributed by atoms with E-state index in [1.54, 1.807) is 25.4 Å². The molecule has 126 valence electrons. The molecule has 1 heterocycles. The van der Waals surface area contributed by atoms with Gasteiger partial charge >= 0.3 is 0 Å². The summed E-state index contributed by atoms with van der Waals surface area (Å²) in [4.78, 5) is 16.2. The van der Waals surface area contributed by atoms with Gasteiger partial charge in [-0.15, -0.1) is 0 Å². The largest absolute Gasteiger partial charge is 0.387 e. The predicted octanol–water partition coefficient (Wildman–Crippen LogP) is 3.37. The van der Waals surface area contributed by atoms with Crippen LogP contribution >= 0.6 is 15.9 Å². The van der Waals surface area contributed by atoms with Crippen molar-refractivity contribution >= 4 is 32.7 Å². The number of rotatable bonds is 5. The van der Waals surface area contributed by atoms with Gasteiger partial charge < -0.3 is 15.3 Å². The predicted molar refractivity (Wildman–Crippen MR) is 104 cm³/mol. The molecule has 0 saturated carbocycles. The van der Waals surface area contributed by atoms with Crippen molar-refractivity contribution in [3.8, 4) is 0 Å². The van der Waals surface area contributed by atoms with E-state index in [1.807, 2.05) is 42.5 Å². The van der Waals surface area contributed by atoms with E-state index in [9.17, 15) is 4.79 Å². The third kappa shape index (κ3) is 3.85. The Kier molecular flexibility index (Phi) is 5.09. The Labute approximate surface area is 153 Å². The standard InChI is InChI=1S/C19H17BrN4O/c1-24-17-11-14(7-8-16(17)23-18(20)19(24)25)15(21)9-10-22-12-13-5-3-2-4-6-13/h2-11,21-22H,12H2,1H3/b10-9-,21-15?. The lowest BCUT2D eigenvalue weighted by Crippen LogP contribution is -2.19. The molecule has 0 aliphatic rings. The fourth-order valence-electron chi connectivity index (χ4n) is 2.47. The normalized spacial score (nSPS) is 11.1. The minimum atomic E-state index is -0.198. The summed E-state index contributed by atoms with van der Waals surface area (Å²) in [5.74, 6) is 0. The van der Waals surface area contributed by atoms with Crippen LogP contribution in [0.3, 0.4) is 0 Å². The molecule has 0 bridgehead atoms. The van der Waals surface area contributed by atoms with Crippen LogP contribution in [0.15, 0.2) is 70.2 Å². The summed E-state index contributed by atoms with van der Waals surface area (Å²) in [6.07, 6.45) is 3.47. The second-order valence-electron chi connectivity index (χ2n) is 5.58. The van der Waals surface area contributed by atoms with Crippen molar-refractivity contribution in [2.24, 2.45) is 7.05 Å². The Morgan fingerprint density at radius 1 is 1.28 bits per heavy atom. The van der Waals surface area contributed by atoms with Gasteiger partial charge in [0.1, 0.15) is 0 Å². The topological polar surface area (TPSA) is 70.8 Å². The van der Waals surface area contributed by atoms with E-state index in [0.29, 0.717) is 23.3 Å². The molecule has 0 fully saturated rings. The average Bonchev–Trinajstić information content (AvgIpc) is 2.64. The first-order valence-corrected chi connectivity index (χ1v) is 8.54. The molecule has 0 amide bonds. The minimum absolute atomic E-state index is 0.198. The zero-order valence-electron chi connectivity index (χ0n) is 13.7. The van der Waals surface area contributed by atoms with Crippen LogP contribution in [-0.4, -0.2) is 15.3 Å². The van der Waals surface area contributed by atoms with Gasteiger partial charge in [-0.25, -0.2) is 4.98 Å². The molecule has 25 heavy (non-hydrogen) atoms. The van der Waals surface area contributed by atoms with Crippen molar-refractivity contribution in [2.45, 2.75) is 6.54 Å². The zero-order valence-corrected chi connectivity index (χ0v) is 15.2. The lowest BCUT2D eigenvalue weighted by Gasteiger charge is -2.07. The van der Waals surface area contributed by atoms with Crippen LogP contribution in [0.1, 0.15) is 11.1 Å². The lowest BCUT2D eigenvalue weighted by molar-refractivity contribution is 0.870. The number of fused-ring (bicyclic) bond motifs is 1. The highest BCUT2D eigenvalue weighted by atomic mass is 79.9. The Morgan fingerprint density at radius 2 is 2.04 bits per heavy atom. The van der Waals surface area contributed by atoms with E-state index in [0.717, 1.165) is 5.56 Å². The number of aromatic nitrogens is 2. The average molecular weight is 397 g/mol. The summed E-state index contributed by atoms with van der Waals surface area (Å²) in [5.41, 5.74) is 3.47. The molecule has 0 unspecified atom stereocenters. The molecular weight excluding hydrogens is 380 g/mol. The summed E-state index contributed by atoms with van der Waals surface area (Å²) in [5, 5.41) is 11.4. The lowest BCUT2D eigenvalue weighted by atomic mass is 10.1. The fraction of sp³-hybridized carbons (Fsp3) is 0.105. The first kappa shape index (κ1) is 17.1. The maximum Gasteiger partial charge on any atom is 0.283 e. The molecule has 0 aliphatic heterocycles. The Bertz CT molecular complexity index is 1010. The summed E-state index contributed by atoms with van der Waals surface area (Å²) in [6.45, 7) is 0.703. The van der Waals surface area contributed by atoms with Crippen LogP contribution in [0.5, 0.6) is 0 Å². The number of benzene rings is 2. The van der Waals surface area contributed by atoms with Gasteiger partial charge in [-0.2, -0.15) is 0 Å². The molecule has 0 radical (unpaired) electrons. The number of aryl methyl sites for hydroxylation is 1. The molecule has 2 N–H and O–H groups in total. The van der Waals surface area contributed by atoms with Gasteiger partial charge in [0.15, 0.2) is 4.60 Å². The molecule has 0 saturated heterocycles. The number of hydrogen-bond donors (Lipinski definition) is 2. The van der Waals surface area contributed by atoms with Gasteiger partial charge in [-0.3, -0.25) is 4.79 Å². The van der Waals surface area contributed by atoms with Crippen molar-refractivity contribution in [3.63, 3.8) is 0 Å². The van der Waals surface area contributed by atoms with E-state index in [1.165, 1.54) is 10.1 Å². The van der Waals surface area contributed by atoms with E-state index < -0.39 is 0 Å². The highest BCUT2D eigenvalue weighted by Gasteiger charge is 2.08. The van der Waals surface area contributed by atoms with Gasteiger partial charge in [0, 0.05) is 19.2 Å². The van der Waals surface area contributed by atoms with Crippen LogP contribution in [0, 0.1) is 5.41 Å². The molecular formula is C19H17BrN4O. The molecule has 3 aromatic rings. The van der Waals surface area contributed by atoms with Crippen molar-refractivity contribution in [1.82, 2.24) is 14.9 Å². The number of allylic oxidation sites excluding steroid dienone is 1. The number of nitrogens with zero attached hydrogens (tertiary/aromatic N) is 2. The minimum Gasteiger partial charge on any atom is -0.387 e. The molecule has 0 atom stereocenters. The summed E-state index contributed by atoms with van der Waals surface area (Å²) in [7, 11) is 1.70. The van der Waals surface area contributed by atoms with E-state index in [2.05, 4.69) is 26.2 Å². The number of halogens is 1. The second-order valence-corrected chi connectivity index (χ2v) is 6.33. The summed E-state index contributed by atoms with van der Waals surface area (Å²) in [6, 6.07) is 15.5. The monoisotopic (exact) mass is 396 g/mol. The van der Waals surface area contributed by atoms with Crippen LogP contribution in [0.2, 0.25) is 0 Å². The highest BCUT2D eigenvalue weighted by molar-refractivity contribution is 9.10. The van der Waals surface area contributed by atoms with Crippen LogP contribution in [0.4, 0.5) is 0 Å². The molecule has 2 aromatic carbocycles. The van der Waals surface area contributed by atoms with E-state index >= 15 is 0 Å². The Hall–Kier alpha value is -2.73. The van der Waals surface area contributed by atoms with E-state index in [-0.39, 0.29) is 10.2 Å². The molecule has 1 aromatic heterocycles. The summed E-state index contributed by atoms with van der Waals surface area (Å²) < 4.78 is 1.82. The molecule has 3 rings (SSSR count). The molecule has 0 spiro atoms. The Balaban J connectivity index is 1.76. The maximum absolute atomic E-state index is 12.0. The van der Waals surface area contributed by atoms with Crippen LogP contribution < -0.4 is 10.9 Å². The second kappa shape index (κ2) is 7.44. The van der Waals surface area contributed by atoms with Crippen molar-refractivity contribution in [2.75, 3.05) is 0 Å². The van der Waals surface area contributed by atoms with Gasteiger partial charge in [-0.1, -0.05) is 36.4 Å². The van der Waals surface area contributed by atoms with Gasteiger partial charge in [0.05, 0.1) is 16.7 Å². The maximum atomic E-state index is 12.0.